The molecule has 0 radical (unpaired) electrons. The summed E-state index contributed by atoms with van der Waals surface area (Å²) in [6.07, 6.45) is 0. The minimum Gasteiger partial charge on any atom is -0.455 e. The molecule has 126 valence electrons. The summed E-state index contributed by atoms with van der Waals surface area (Å²) in [4.78, 5) is 22.8. The van der Waals surface area contributed by atoms with E-state index in [1.54, 1.807) is 18.2 Å². The molecule has 0 aliphatic heterocycles. The molecule has 0 spiro atoms. The van der Waals surface area contributed by atoms with Crippen LogP contribution in [-0.4, -0.2) is 25.5 Å². The molecule has 0 unspecified atom stereocenters. The van der Waals surface area contributed by atoms with E-state index in [0.29, 0.717) is 22.2 Å². The van der Waals surface area contributed by atoms with Gasteiger partial charge < -0.3 is 15.4 Å². The van der Waals surface area contributed by atoms with Gasteiger partial charge in [-0.05, 0) is 42.8 Å². The molecule has 0 aromatic heterocycles. The molecule has 6 nitrogen and oxygen atoms in total. The largest absolute Gasteiger partial charge is 0.455 e. The van der Waals surface area contributed by atoms with Gasteiger partial charge >= 0.3 is 6.03 Å². The first-order valence-electron chi connectivity index (χ1n) is 7.27. The normalized spacial score (nSPS) is 9.96. The highest BCUT2D eigenvalue weighted by molar-refractivity contribution is 6.31. The van der Waals surface area contributed by atoms with Crippen LogP contribution in [0.3, 0.4) is 0 Å². The maximum absolute atomic E-state index is 11.7. The number of rotatable bonds is 5. The van der Waals surface area contributed by atoms with E-state index in [1.165, 1.54) is 7.05 Å². The first kappa shape index (κ1) is 17.6. The van der Waals surface area contributed by atoms with Crippen LogP contribution in [0.4, 0.5) is 10.5 Å². The third-order valence-corrected chi connectivity index (χ3v) is 3.31. The Kier molecular flexibility index (Phi) is 6.03. The molecule has 0 heterocycles. The smallest absolute Gasteiger partial charge is 0.321 e. The van der Waals surface area contributed by atoms with Gasteiger partial charge in [0.15, 0.2) is 5.75 Å². The summed E-state index contributed by atoms with van der Waals surface area (Å²) in [5.74, 6) is 0.726. The third kappa shape index (κ3) is 5.17. The molecular weight excluding hydrogens is 330 g/mol. The fourth-order valence-corrected chi connectivity index (χ4v) is 2.12. The number of halogens is 1. The summed E-state index contributed by atoms with van der Waals surface area (Å²) >= 11 is 6.01. The van der Waals surface area contributed by atoms with Crippen molar-refractivity contribution in [3.63, 3.8) is 0 Å². The number of amides is 3. The van der Waals surface area contributed by atoms with Gasteiger partial charge in [0.1, 0.15) is 5.75 Å². The zero-order valence-electron chi connectivity index (χ0n) is 13.4. The molecule has 24 heavy (non-hydrogen) atoms. The fraction of sp³-hybridized carbons (Fsp3) is 0.176. The number of hydrogen-bond donors (Lipinski definition) is 3. The Balaban J connectivity index is 2.10. The van der Waals surface area contributed by atoms with E-state index in [0.717, 1.165) is 5.56 Å². The number of carbonyl (C=O) groups is 2. The summed E-state index contributed by atoms with van der Waals surface area (Å²) in [6.45, 7) is 1.87. The lowest BCUT2D eigenvalue weighted by Crippen LogP contribution is -2.40. The van der Waals surface area contributed by atoms with Gasteiger partial charge in [-0.2, -0.15) is 0 Å². The Morgan fingerprint density at radius 2 is 1.96 bits per heavy atom. The van der Waals surface area contributed by atoms with Gasteiger partial charge in [0.2, 0.25) is 5.91 Å². The van der Waals surface area contributed by atoms with Crippen LogP contribution in [0.5, 0.6) is 11.5 Å². The van der Waals surface area contributed by atoms with E-state index in [9.17, 15) is 9.59 Å². The third-order valence-electron chi connectivity index (χ3n) is 3.08. The Morgan fingerprint density at radius 1 is 1.17 bits per heavy atom. The summed E-state index contributed by atoms with van der Waals surface area (Å²) in [5, 5.41) is 7.89. The zero-order valence-corrected chi connectivity index (χ0v) is 14.1. The summed E-state index contributed by atoms with van der Waals surface area (Å²) in [6, 6.07) is 12.1. The van der Waals surface area contributed by atoms with Crippen molar-refractivity contribution in [1.82, 2.24) is 10.6 Å². The number of imide groups is 1. The van der Waals surface area contributed by atoms with Gasteiger partial charge in [-0.3, -0.25) is 10.1 Å². The molecule has 0 saturated heterocycles. The molecule has 0 fully saturated rings. The molecular formula is C17H18ClN3O3. The number of ether oxygens (including phenoxy) is 1. The van der Waals surface area contributed by atoms with Crippen LogP contribution in [0.2, 0.25) is 5.02 Å². The highest BCUT2D eigenvalue weighted by Crippen LogP contribution is 2.32. The number of nitrogens with one attached hydrogen (secondary N) is 3. The van der Waals surface area contributed by atoms with Crippen molar-refractivity contribution < 1.29 is 14.3 Å². The number of aryl methyl sites for hydroxylation is 1. The van der Waals surface area contributed by atoms with Crippen LogP contribution < -0.4 is 20.7 Å². The highest BCUT2D eigenvalue weighted by atomic mass is 35.5. The predicted molar refractivity (Wildman–Crippen MR) is 93.8 cm³/mol. The highest BCUT2D eigenvalue weighted by Gasteiger charge is 2.10. The second-order valence-electron chi connectivity index (χ2n) is 5.04. The van der Waals surface area contributed by atoms with E-state index >= 15 is 0 Å². The molecule has 7 heteroatoms. The summed E-state index contributed by atoms with van der Waals surface area (Å²) in [5.41, 5.74) is 1.62. The Hall–Kier alpha value is -2.73. The van der Waals surface area contributed by atoms with Crippen molar-refractivity contribution in [1.29, 1.82) is 0 Å². The zero-order chi connectivity index (χ0) is 17.5. The molecule has 2 aromatic rings. The Labute approximate surface area is 145 Å². The topological polar surface area (TPSA) is 79.5 Å². The molecule has 2 aromatic carbocycles. The maximum Gasteiger partial charge on any atom is 0.321 e. The lowest BCUT2D eigenvalue weighted by molar-refractivity contribution is -0.118. The molecule has 3 amide bonds. The SMILES string of the molecule is CNC(=O)NC(=O)CNc1cc(Cl)ccc1Oc1cccc(C)c1. The molecule has 0 aliphatic rings. The lowest BCUT2D eigenvalue weighted by atomic mass is 10.2. The second-order valence-corrected chi connectivity index (χ2v) is 5.48. The Bertz CT molecular complexity index is 750. The minimum absolute atomic E-state index is 0.0993. The van der Waals surface area contributed by atoms with Crippen LogP contribution >= 0.6 is 11.6 Å². The van der Waals surface area contributed by atoms with Gasteiger partial charge in [0.25, 0.3) is 0 Å². The number of urea groups is 1. The molecule has 0 saturated carbocycles. The average molecular weight is 348 g/mol. The van der Waals surface area contributed by atoms with Crippen LogP contribution in [-0.2, 0) is 4.79 Å². The predicted octanol–water partition coefficient (Wildman–Crippen LogP) is 3.31. The number of benzene rings is 2. The molecule has 2 rings (SSSR count). The quantitative estimate of drug-likeness (QED) is 0.775. The summed E-state index contributed by atoms with van der Waals surface area (Å²) < 4.78 is 5.85. The van der Waals surface area contributed by atoms with Crippen LogP contribution in [0, 0.1) is 6.92 Å². The second kappa shape index (κ2) is 8.21. The molecule has 3 N–H and O–H groups in total. The Morgan fingerprint density at radius 3 is 2.67 bits per heavy atom. The van der Waals surface area contributed by atoms with Crippen LogP contribution in [0.1, 0.15) is 5.56 Å². The van der Waals surface area contributed by atoms with Gasteiger partial charge in [0.05, 0.1) is 12.2 Å². The van der Waals surface area contributed by atoms with Crippen molar-refractivity contribution in [3.05, 3.63) is 53.1 Å². The molecule has 0 bridgehead atoms. The van der Waals surface area contributed by atoms with E-state index in [4.69, 9.17) is 16.3 Å². The standard InChI is InChI=1S/C17H18ClN3O3/c1-11-4-3-5-13(8-11)24-15-7-6-12(18)9-14(15)20-10-16(22)21-17(23)19-2/h3-9,20H,10H2,1-2H3,(H2,19,21,22,23). The fourth-order valence-electron chi connectivity index (χ4n) is 1.94. The molecule has 0 atom stereocenters. The van der Waals surface area contributed by atoms with Gasteiger partial charge in [-0.25, -0.2) is 4.79 Å². The number of hydrogen-bond acceptors (Lipinski definition) is 4. The summed E-state index contributed by atoms with van der Waals surface area (Å²) in [7, 11) is 1.43. The van der Waals surface area contributed by atoms with Crippen molar-refractivity contribution in [2.75, 3.05) is 18.9 Å². The van der Waals surface area contributed by atoms with Gasteiger partial charge in [0, 0.05) is 12.1 Å². The first-order chi connectivity index (χ1) is 11.5. The average Bonchev–Trinajstić information content (AvgIpc) is 2.55. The van der Waals surface area contributed by atoms with Crippen LogP contribution in [0.25, 0.3) is 0 Å². The van der Waals surface area contributed by atoms with Crippen molar-refractivity contribution in [2.24, 2.45) is 0 Å². The number of carbonyl (C=O) groups excluding carboxylic acids is 2. The van der Waals surface area contributed by atoms with E-state index in [-0.39, 0.29) is 6.54 Å². The van der Waals surface area contributed by atoms with E-state index in [2.05, 4.69) is 16.0 Å². The maximum atomic E-state index is 11.7. The van der Waals surface area contributed by atoms with Gasteiger partial charge in [-0.15, -0.1) is 0 Å². The minimum atomic E-state index is -0.566. The van der Waals surface area contributed by atoms with Gasteiger partial charge in [-0.1, -0.05) is 23.7 Å². The van der Waals surface area contributed by atoms with E-state index < -0.39 is 11.9 Å². The van der Waals surface area contributed by atoms with Crippen molar-refractivity contribution in [2.45, 2.75) is 6.92 Å². The first-order valence-corrected chi connectivity index (χ1v) is 7.65. The lowest BCUT2D eigenvalue weighted by Gasteiger charge is -2.13. The monoisotopic (exact) mass is 347 g/mol. The van der Waals surface area contributed by atoms with Crippen molar-refractivity contribution >= 4 is 29.2 Å². The molecule has 0 aliphatic carbocycles. The van der Waals surface area contributed by atoms with Crippen molar-refractivity contribution in [3.8, 4) is 11.5 Å². The van der Waals surface area contributed by atoms with Crippen LogP contribution in [0.15, 0.2) is 42.5 Å². The van der Waals surface area contributed by atoms with E-state index in [1.807, 2.05) is 31.2 Å². The number of anilines is 1.